The van der Waals surface area contributed by atoms with E-state index in [0.717, 1.165) is 11.3 Å². The Bertz CT molecular complexity index is 848. The number of hydrogen-bond acceptors (Lipinski definition) is 5. The first-order chi connectivity index (χ1) is 11.7. The number of benzene rings is 2. The predicted octanol–water partition coefficient (Wildman–Crippen LogP) is 2.57. The number of anilines is 1. The Kier molecular flexibility index (Phi) is 5.76. The number of rotatable bonds is 7. The minimum absolute atomic E-state index is 0.324. The van der Waals surface area contributed by atoms with Gasteiger partial charge in [0.1, 0.15) is 0 Å². The van der Waals surface area contributed by atoms with Gasteiger partial charge in [-0.1, -0.05) is 24.3 Å². The molecule has 0 saturated heterocycles. The summed E-state index contributed by atoms with van der Waals surface area (Å²) in [5, 5.41) is 11.0. The van der Waals surface area contributed by atoms with Gasteiger partial charge in [-0.05, 0) is 37.1 Å². The van der Waals surface area contributed by atoms with Crippen LogP contribution in [-0.2, 0) is 16.4 Å². The van der Waals surface area contributed by atoms with Crippen molar-refractivity contribution in [3.63, 3.8) is 0 Å². The molecular formula is C17H21N3O4S. The number of nitro benzene ring substituents is 1. The quantitative estimate of drug-likeness (QED) is 0.603. The lowest BCUT2D eigenvalue weighted by Gasteiger charge is -2.16. The molecule has 0 aromatic heterocycles. The van der Waals surface area contributed by atoms with Gasteiger partial charge < -0.3 is 4.90 Å². The molecule has 0 aliphatic carbocycles. The van der Waals surface area contributed by atoms with E-state index in [9.17, 15) is 18.5 Å². The van der Waals surface area contributed by atoms with Gasteiger partial charge in [0.05, 0.1) is 4.92 Å². The molecule has 8 heteroatoms. The molecule has 1 atom stereocenters. The fraction of sp³-hybridized carbons (Fsp3) is 0.294. The number of para-hydroxylation sites is 1. The van der Waals surface area contributed by atoms with Crippen LogP contribution in [0, 0.1) is 10.1 Å². The Morgan fingerprint density at radius 3 is 2.28 bits per heavy atom. The largest absolute Gasteiger partial charge is 0.378 e. The summed E-state index contributed by atoms with van der Waals surface area (Å²) >= 11 is 0. The fourth-order valence-corrected chi connectivity index (χ4v) is 3.90. The highest BCUT2D eigenvalue weighted by molar-refractivity contribution is 7.89. The van der Waals surface area contributed by atoms with E-state index in [1.54, 1.807) is 6.92 Å². The lowest BCUT2D eigenvalue weighted by atomic mass is 10.1. The van der Waals surface area contributed by atoms with Crippen molar-refractivity contribution >= 4 is 21.4 Å². The molecular weight excluding hydrogens is 342 g/mol. The predicted molar refractivity (Wildman–Crippen MR) is 97.4 cm³/mol. The van der Waals surface area contributed by atoms with Crippen LogP contribution in [0.3, 0.4) is 0 Å². The van der Waals surface area contributed by atoms with Gasteiger partial charge in [-0.25, -0.2) is 13.1 Å². The van der Waals surface area contributed by atoms with Gasteiger partial charge in [0.15, 0.2) is 4.90 Å². The normalized spacial score (nSPS) is 12.6. The minimum Gasteiger partial charge on any atom is -0.378 e. The molecule has 2 aromatic carbocycles. The molecule has 0 aliphatic rings. The van der Waals surface area contributed by atoms with Crippen LogP contribution in [0.2, 0.25) is 0 Å². The lowest BCUT2D eigenvalue weighted by molar-refractivity contribution is -0.387. The molecule has 0 radical (unpaired) electrons. The first-order valence-corrected chi connectivity index (χ1v) is 9.21. The molecule has 0 saturated carbocycles. The topological polar surface area (TPSA) is 92.6 Å². The zero-order valence-electron chi connectivity index (χ0n) is 14.3. The van der Waals surface area contributed by atoms with Gasteiger partial charge in [-0.15, -0.1) is 0 Å². The molecule has 2 rings (SSSR count). The molecule has 0 amide bonds. The zero-order valence-corrected chi connectivity index (χ0v) is 15.2. The van der Waals surface area contributed by atoms with Crippen molar-refractivity contribution in [2.75, 3.05) is 19.0 Å². The van der Waals surface area contributed by atoms with Crippen molar-refractivity contribution in [3.8, 4) is 0 Å². The van der Waals surface area contributed by atoms with Crippen molar-refractivity contribution < 1.29 is 13.3 Å². The van der Waals surface area contributed by atoms with Crippen LogP contribution in [0.25, 0.3) is 0 Å². The van der Waals surface area contributed by atoms with Gasteiger partial charge in [0.25, 0.3) is 5.69 Å². The summed E-state index contributed by atoms with van der Waals surface area (Å²) in [6.45, 7) is 1.73. The van der Waals surface area contributed by atoms with Crippen LogP contribution in [0.15, 0.2) is 53.4 Å². The number of nitro groups is 1. The lowest BCUT2D eigenvalue weighted by Crippen LogP contribution is -2.34. The van der Waals surface area contributed by atoms with E-state index in [1.807, 2.05) is 43.3 Å². The molecule has 0 aliphatic heterocycles. The number of sulfonamides is 1. The van der Waals surface area contributed by atoms with Crippen molar-refractivity contribution in [1.82, 2.24) is 4.72 Å². The van der Waals surface area contributed by atoms with Gasteiger partial charge in [0.2, 0.25) is 10.0 Å². The average molecular weight is 363 g/mol. The monoisotopic (exact) mass is 363 g/mol. The number of hydrogen-bond donors (Lipinski definition) is 1. The smallest absolute Gasteiger partial charge is 0.289 e. The molecule has 25 heavy (non-hydrogen) atoms. The van der Waals surface area contributed by atoms with Crippen LogP contribution in [0.1, 0.15) is 12.5 Å². The average Bonchev–Trinajstić information content (AvgIpc) is 2.54. The van der Waals surface area contributed by atoms with Crippen LogP contribution in [-0.4, -0.2) is 33.5 Å². The minimum atomic E-state index is -3.98. The second-order valence-electron chi connectivity index (χ2n) is 6.01. The molecule has 7 nitrogen and oxygen atoms in total. The third kappa shape index (κ3) is 4.77. The number of nitrogens with one attached hydrogen (secondary N) is 1. The summed E-state index contributed by atoms with van der Waals surface area (Å²) in [7, 11) is -0.0908. The molecule has 0 heterocycles. The standard InChI is InChI=1S/C17H21N3O4S/c1-13(12-14-8-10-15(11-9-14)19(2)3)18-25(23,24)17-7-5-4-6-16(17)20(21)22/h4-11,13,18H,12H2,1-3H3. The zero-order chi connectivity index (χ0) is 18.6. The molecule has 1 N–H and O–H groups in total. The van der Waals surface area contributed by atoms with E-state index in [1.165, 1.54) is 24.3 Å². The first kappa shape index (κ1) is 18.9. The highest BCUT2D eigenvalue weighted by Crippen LogP contribution is 2.23. The fourth-order valence-electron chi connectivity index (χ4n) is 2.49. The Labute approximate surface area is 147 Å². The first-order valence-electron chi connectivity index (χ1n) is 7.72. The summed E-state index contributed by atoms with van der Waals surface area (Å²) in [4.78, 5) is 12.0. The van der Waals surface area contributed by atoms with Crippen LogP contribution in [0.4, 0.5) is 11.4 Å². The maximum atomic E-state index is 12.5. The van der Waals surface area contributed by atoms with Gasteiger partial charge in [-0.3, -0.25) is 10.1 Å². The van der Waals surface area contributed by atoms with E-state index in [2.05, 4.69) is 4.72 Å². The molecule has 0 fully saturated rings. The molecule has 1 unspecified atom stereocenters. The third-order valence-corrected chi connectivity index (χ3v) is 5.34. The Balaban J connectivity index is 2.14. The van der Waals surface area contributed by atoms with Crippen molar-refractivity contribution in [3.05, 3.63) is 64.2 Å². The van der Waals surface area contributed by atoms with E-state index < -0.39 is 26.7 Å². The second-order valence-corrected chi connectivity index (χ2v) is 7.69. The van der Waals surface area contributed by atoms with E-state index >= 15 is 0 Å². The van der Waals surface area contributed by atoms with E-state index in [4.69, 9.17) is 0 Å². The summed E-state index contributed by atoms with van der Waals surface area (Å²) < 4.78 is 27.5. The van der Waals surface area contributed by atoms with Gasteiger partial charge in [0, 0.05) is 31.9 Å². The van der Waals surface area contributed by atoms with Gasteiger partial charge >= 0.3 is 0 Å². The third-order valence-electron chi connectivity index (χ3n) is 3.70. The molecule has 0 bridgehead atoms. The Morgan fingerprint density at radius 1 is 1.12 bits per heavy atom. The highest BCUT2D eigenvalue weighted by atomic mass is 32.2. The second kappa shape index (κ2) is 7.62. The van der Waals surface area contributed by atoms with Crippen molar-refractivity contribution in [1.29, 1.82) is 0 Å². The summed E-state index contributed by atoms with van der Waals surface area (Å²) in [6.07, 6.45) is 0.480. The molecule has 2 aromatic rings. The van der Waals surface area contributed by atoms with E-state index in [0.29, 0.717) is 6.42 Å². The highest BCUT2D eigenvalue weighted by Gasteiger charge is 2.26. The van der Waals surface area contributed by atoms with Crippen LogP contribution in [0.5, 0.6) is 0 Å². The molecule has 0 spiro atoms. The summed E-state index contributed by atoms with van der Waals surface area (Å²) in [5.41, 5.74) is 1.60. The molecule has 134 valence electrons. The number of nitrogens with zero attached hydrogens (tertiary/aromatic N) is 2. The van der Waals surface area contributed by atoms with Crippen molar-refractivity contribution in [2.45, 2.75) is 24.3 Å². The Hall–Kier alpha value is -2.45. The van der Waals surface area contributed by atoms with Crippen LogP contribution >= 0.6 is 0 Å². The van der Waals surface area contributed by atoms with E-state index in [-0.39, 0.29) is 4.90 Å². The van der Waals surface area contributed by atoms with Gasteiger partial charge in [-0.2, -0.15) is 0 Å². The Morgan fingerprint density at radius 2 is 1.72 bits per heavy atom. The maximum absolute atomic E-state index is 12.5. The van der Waals surface area contributed by atoms with Crippen molar-refractivity contribution in [2.24, 2.45) is 0 Å². The SMILES string of the molecule is CC(Cc1ccc(N(C)C)cc1)NS(=O)(=O)c1ccccc1[N+](=O)[O-]. The van der Waals surface area contributed by atoms with Crippen LogP contribution < -0.4 is 9.62 Å². The summed E-state index contributed by atoms with van der Waals surface area (Å²) in [5.74, 6) is 0. The summed E-state index contributed by atoms with van der Waals surface area (Å²) in [6, 6.07) is 12.7. The maximum Gasteiger partial charge on any atom is 0.289 e.